The Morgan fingerprint density at radius 3 is 2.41 bits per heavy atom. The molecule has 0 bridgehead atoms. The van der Waals surface area contributed by atoms with E-state index in [-0.39, 0.29) is 5.82 Å². The first-order valence-corrected chi connectivity index (χ1v) is 7.15. The third-order valence-electron chi connectivity index (χ3n) is 3.36. The normalized spacial score (nSPS) is 10.6. The van der Waals surface area contributed by atoms with E-state index in [0.29, 0.717) is 23.9 Å². The second-order valence-electron chi connectivity index (χ2n) is 4.91. The van der Waals surface area contributed by atoms with Crippen molar-refractivity contribution in [1.29, 1.82) is 0 Å². The summed E-state index contributed by atoms with van der Waals surface area (Å²) in [6.07, 6.45) is 1.02. The molecule has 0 unspecified atom stereocenters. The molecule has 1 aromatic heterocycles. The second kappa shape index (κ2) is 6.39. The van der Waals surface area contributed by atoms with Crippen molar-refractivity contribution in [2.75, 3.05) is 5.32 Å². The molecule has 0 aliphatic carbocycles. The summed E-state index contributed by atoms with van der Waals surface area (Å²) in [6, 6.07) is 14.2. The SMILES string of the molecule is CCc1ccc(NCc2nnc(-c3ccc(F)cc3)o2)cc1. The summed E-state index contributed by atoms with van der Waals surface area (Å²) in [5, 5.41) is 11.2. The molecule has 0 radical (unpaired) electrons. The molecule has 0 aliphatic rings. The average Bonchev–Trinajstić information content (AvgIpc) is 3.03. The maximum absolute atomic E-state index is 12.9. The molecule has 2 aromatic carbocycles. The van der Waals surface area contributed by atoms with Crippen LogP contribution in [-0.4, -0.2) is 10.2 Å². The number of aryl methyl sites for hydroxylation is 1. The van der Waals surface area contributed by atoms with Gasteiger partial charge in [0.15, 0.2) is 0 Å². The summed E-state index contributed by atoms with van der Waals surface area (Å²) in [7, 11) is 0. The standard InChI is InChI=1S/C17H16FN3O/c1-2-12-3-9-15(10-4-12)19-11-16-20-21-17(22-16)13-5-7-14(18)8-6-13/h3-10,19H,2,11H2,1H3. The fourth-order valence-corrected chi connectivity index (χ4v) is 2.07. The highest BCUT2D eigenvalue weighted by molar-refractivity contribution is 5.52. The summed E-state index contributed by atoms with van der Waals surface area (Å²) in [5.74, 6) is 0.581. The lowest BCUT2D eigenvalue weighted by molar-refractivity contribution is 0.515. The van der Waals surface area contributed by atoms with Crippen LogP contribution in [0.15, 0.2) is 52.9 Å². The minimum atomic E-state index is -0.291. The predicted molar refractivity (Wildman–Crippen MR) is 82.8 cm³/mol. The third-order valence-corrected chi connectivity index (χ3v) is 3.36. The van der Waals surface area contributed by atoms with Gasteiger partial charge in [-0.1, -0.05) is 19.1 Å². The Hall–Kier alpha value is -2.69. The molecule has 0 amide bonds. The van der Waals surface area contributed by atoms with Crippen LogP contribution in [0, 0.1) is 5.82 Å². The van der Waals surface area contributed by atoms with Crippen molar-refractivity contribution in [3.8, 4) is 11.5 Å². The zero-order valence-corrected chi connectivity index (χ0v) is 12.2. The molecular weight excluding hydrogens is 281 g/mol. The second-order valence-corrected chi connectivity index (χ2v) is 4.91. The molecule has 1 N–H and O–H groups in total. The molecule has 5 heteroatoms. The monoisotopic (exact) mass is 297 g/mol. The summed E-state index contributed by atoms with van der Waals surface area (Å²) < 4.78 is 18.5. The zero-order valence-electron chi connectivity index (χ0n) is 12.2. The topological polar surface area (TPSA) is 51.0 Å². The molecule has 0 atom stereocenters. The quantitative estimate of drug-likeness (QED) is 0.772. The summed E-state index contributed by atoms with van der Waals surface area (Å²) in [5.41, 5.74) is 2.99. The average molecular weight is 297 g/mol. The van der Waals surface area contributed by atoms with E-state index in [1.165, 1.54) is 17.7 Å². The highest BCUT2D eigenvalue weighted by Gasteiger charge is 2.08. The van der Waals surface area contributed by atoms with Gasteiger partial charge in [-0.25, -0.2) is 4.39 Å². The summed E-state index contributed by atoms with van der Waals surface area (Å²) in [6.45, 7) is 2.57. The Labute approximate surface area is 128 Å². The predicted octanol–water partition coefficient (Wildman–Crippen LogP) is 4.05. The van der Waals surface area contributed by atoms with Crippen LogP contribution in [0.4, 0.5) is 10.1 Å². The van der Waals surface area contributed by atoms with E-state index < -0.39 is 0 Å². The van der Waals surface area contributed by atoms with Gasteiger partial charge in [0.1, 0.15) is 5.82 Å². The van der Waals surface area contributed by atoms with Gasteiger partial charge >= 0.3 is 0 Å². The van der Waals surface area contributed by atoms with E-state index in [4.69, 9.17) is 4.42 Å². The van der Waals surface area contributed by atoms with Gasteiger partial charge in [0.2, 0.25) is 11.8 Å². The molecule has 22 heavy (non-hydrogen) atoms. The van der Waals surface area contributed by atoms with Crippen LogP contribution in [-0.2, 0) is 13.0 Å². The van der Waals surface area contributed by atoms with Crippen LogP contribution < -0.4 is 5.32 Å². The molecule has 112 valence electrons. The van der Waals surface area contributed by atoms with Crippen molar-refractivity contribution in [3.05, 3.63) is 65.8 Å². The van der Waals surface area contributed by atoms with Gasteiger partial charge in [-0.15, -0.1) is 10.2 Å². The maximum atomic E-state index is 12.9. The smallest absolute Gasteiger partial charge is 0.247 e. The number of hydrogen-bond acceptors (Lipinski definition) is 4. The third kappa shape index (κ3) is 3.31. The van der Waals surface area contributed by atoms with Crippen molar-refractivity contribution >= 4 is 5.69 Å². The number of benzene rings is 2. The first-order chi connectivity index (χ1) is 10.7. The van der Waals surface area contributed by atoms with E-state index in [9.17, 15) is 4.39 Å². The number of nitrogens with zero attached hydrogens (tertiary/aromatic N) is 2. The Bertz CT molecular complexity index is 735. The molecule has 0 spiro atoms. The minimum Gasteiger partial charge on any atom is -0.419 e. The van der Waals surface area contributed by atoms with Crippen molar-refractivity contribution in [2.24, 2.45) is 0 Å². The van der Waals surface area contributed by atoms with Crippen molar-refractivity contribution in [1.82, 2.24) is 10.2 Å². The van der Waals surface area contributed by atoms with Crippen LogP contribution in [0.3, 0.4) is 0 Å². The molecule has 0 saturated carbocycles. The summed E-state index contributed by atoms with van der Waals surface area (Å²) >= 11 is 0. The van der Waals surface area contributed by atoms with E-state index in [2.05, 4.69) is 34.6 Å². The van der Waals surface area contributed by atoms with Crippen LogP contribution in [0.25, 0.3) is 11.5 Å². The molecular formula is C17H16FN3O. The van der Waals surface area contributed by atoms with Gasteiger partial charge in [-0.3, -0.25) is 0 Å². The van der Waals surface area contributed by atoms with Crippen LogP contribution in [0.2, 0.25) is 0 Å². The zero-order chi connectivity index (χ0) is 15.4. The number of halogens is 1. The van der Waals surface area contributed by atoms with Gasteiger partial charge in [-0.2, -0.15) is 0 Å². The van der Waals surface area contributed by atoms with Gasteiger partial charge in [0.05, 0.1) is 6.54 Å². The molecule has 3 rings (SSSR count). The molecule has 0 fully saturated rings. The lowest BCUT2D eigenvalue weighted by Gasteiger charge is -2.04. The largest absolute Gasteiger partial charge is 0.419 e. The van der Waals surface area contributed by atoms with Gasteiger partial charge in [0.25, 0.3) is 0 Å². The lowest BCUT2D eigenvalue weighted by atomic mass is 10.1. The van der Waals surface area contributed by atoms with E-state index in [0.717, 1.165) is 12.1 Å². The molecule has 0 saturated heterocycles. The fraction of sp³-hybridized carbons (Fsp3) is 0.176. The van der Waals surface area contributed by atoms with E-state index in [1.54, 1.807) is 12.1 Å². The Morgan fingerprint density at radius 1 is 1.00 bits per heavy atom. The number of hydrogen-bond donors (Lipinski definition) is 1. The lowest BCUT2D eigenvalue weighted by Crippen LogP contribution is -1.99. The molecule has 4 nitrogen and oxygen atoms in total. The number of nitrogens with one attached hydrogen (secondary N) is 1. The minimum absolute atomic E-state index is 0.291. The van der Waals surface area contributed by atoms with Crippen molar-refractivity contribution in [3.63, 3.8) is 0 Å². The summed E-state index contributed by atoms with van der Waals surface area (Å²) in [4.78, 5) is 0. The molecule has 1 heterocycles. The highest BCUT2D eigenvalue weighted by atomic mass is 19.1. The Kier molecular flexibility index (Phi) is 4.14. The number of aromatic nitrogens is 2. The maximum Gasteiger partial charge on any atom is 0.247 e. The van der Waals surface area contributed by atoms with Crippen molar-refractivity contribution in [2.45, 2.75) is 19.9 Å². The fourth-order valence-electron chi connectivity index (χ4n) is 2.07. The van der Waals surface area contributed by atoms with E-state index in [1.807, 2.05) is 12.1 Å². The Morgan fingerprint density at radius 2 is 1.73 bits per heavy atom. The number of anilines is 1. The van der Waals surface area contributed by atoms with Gasteiger partial charge < -0.3 is 9.73 Å². The number of rotatable bonds is 5. The van der Waals surface area contributed by atoms with Gasteiger partial charge in [0, 0.05) is 11.3 Å². The van der Waals surface area contributed by atoms with Crippen LogP contribution in [0.1, 0.15) is 18.4 Å². The molecule has 3 aromatic rings. The molecule has 0 aliphatic heterocycles. The first kappa shape index (κ1) is 14.3. The van der Waals surface area contributed by atoms with Crippen LogP contribution >= 0.6 is 0 Å². The van der Waals surface area contributed by atoms with Crippen LogP contribution in [0.5, 0.6) is 0 Å². The Balaban J connectivity index is 1.65. The first-order valence-electron chi connectivity index (χ1n) is 7.15. The van der Waals surface area contributed by atoms with E-state index >= 15 is 0 Å². The highest BCUT2D eigenvalue weighted by Crippen LogP contribution is 2.18. The van der Waals surface area contributed by atoms with Gasteiger partial charge in [-0.05, 0) is 48.4 Å². The van der Waals surface area contributed by atoms with Crippen molar-refractivity contribution < 1.29 is 8.81 Å².